The lowest BCUT2D eigenvalue weighted by molar-refractivity contribution is -0.116. The molecular weight excluding hydrogens is 384 g/mol. The number of nitrogens with one attached hydrogen (secondary N) is 1. The molecule has 3 aromatic rings. The second-order valence-corrected chi connectivity index (χ2v) is 7.57. The second-order valence-electron chi connectivity index (χ2n) is 6.72. The highest BCUT2D eigenvalue weighted by Gasteiger charge is 2.21. The minimum absolute atomic E-state index is 0.0329. The van der Waals surface area contributed by atoms with Crippen molar-refractivity contribution in [1.29, 1.82) is 0 Å². The summed E-state index contributed by atoms with van der Waals surface area (Å²) in [7, 11) is 1.63. The summed E-state index contributed by atoms with van der Waals surface area (Å²) in [4.78, 5) is 32.2. The van der Waals surface area contributed by atoms with Crippen molar-refractivity contribution in [3.05, 3.63) is 71.7 Å². The van der Waals surface area contributed by atoms with E-state index in [1.165, 1.54) is 4.90 Å². The molecule has 7 heteroatoms. The first-order valence-corrected chi connectivity index (χ1v) is 10.4. The van der Waals surface area contributed by atoms with Crippen LogP contribution >= 0.6 is 11.8 Å². The van der Waals surface area contributed by atoms with Crippen LogP contribution in [0.25, 0.3) is 5.82 Å². The summed E-state index contributed by atoms with van der Waals surface area (Å²) in [6.07, 6.45) is 3.68. The lowest BCUT2D eigenvalue weighted by Crippen LogP contribution is -2.35. The van der Waals surface area contributed by atoms with Crippen molar-refractivity contribution < 1.29 is 9.59 Å². The number of para-hydroxylation sites is 1. The van der Waals surface area contributed by atoms with E-state index >= 15 is 0 Å². The van der Waals surface area contributed by atoms with Crippen LogP contribution in [0.4, 0.5) is 5.69 Å². The van der Waals surface area contributed by atoms with Crippen molar-refractivity contribution in [3.63, 3.8) is 0 Å². The first kappa shape index (κ1) is 20.7. The number of pyridine rings is 1. The Bertz CT molecular complexity index is 1030. The largest absolute Gasteiger partial charge is 0.332 e. The highest BCUT2D eigenvalue weighted by Crippen LogP contribution is 2.24. The second kappa shape index (κ2) is 8.96. The molecular formula is C22H24N4O2S. The number of amides is 2. The maximum absolute atomic E-state index is 13.0. The van der Waals surface area contributed by atoms with Crippen LogP contribution < -0.4 is 5.32 Å². The fraction of sp³-hybridized carbons (Fsp3) is 0.227. The van der Waals surface area contributed by atoms with Gasteiger partial charge in [-0.2, -0.15) is 0 Å². The van der Waals surface area contributed by atoms with Gasteiger partial charge < -0.3 is 14.8 Å². The first-order valence-electron chi connectivity index (χ1n) is 9.21. The van der Waals surface area contributed by atoms with Crippen LogP contribution in [0.2, 0.25) is 0 Å². The van der Waals surface area contributed by atoms with Crippen molar-refractivity contribution in [1.82, 2.24) is 14.5 Å². The van der Waals surface area contributed by atoms with Crippen molar-refractivity contribution in [2.24, 2.45) is 0 Å². The Kier molecular flexibility index (Phi) is 6.39. The lowest BCUT2D eigenvalue weighted by Gasteiger charge is -2.18. The predicted molar refractivity (Wildman–Crippen MR) is 117 cm³/mol. The topological polar surface area (TPSA) is 67.2 Å². The van der Waals surface area contributed by atoms with E-state index in [1.54, 1.807) is 25.0 Å². The maximum Gasteiger partial charge on any atom is 0.255 e. The molecule has 2 amide bonds. The number of aromatic nitrogens is 2. The van der Waals surface area contributed by atoms with Gasteiger partial charge in [-0.1, -0.05) is 18.2 Å². The standard InChI is InChI=1S/C22H24N4O2S/c1-15-13-17(16(2)26(15)20-11-7-8-12-23-20)22(28)25(3)14-21(27)24-18-9-5-6-10-19(18)29-4/h5-13H,14H2,1-4H3,(H,24,27). The molecule has 0 unspecified atom stereocenters. The number of likely N-dealkylation sites (N-methyl/N-ethyl adjacent to an activating group) is 1. The van der Waals surface area contributed by atoms with Crippen molar-refractivity contribution in [2.75, 3.05) is 25.2 Å². The van der Waals surface area contributed by atoms with Gasteiger partial charge in [0, 0.05) is 29.5 Å². The molecule has 1 N–H and O–H groups in total. The predicted octanol–water partition coefficient (Wildman–Crippen LogP) is 3.92. The highest BCUT2D eigenvalue weighted by molar-refractivity contribution is 7.98. The van der Waals surface area contributed by atoms with Gasteiger partial charge in [0.25, 0.3) is 5.91 Å². The molecule has 2 aromatic heterocycles. The Morgan fingerprint density at radius 2 is 1.86 bits per heavy atom. The molecule has 1 aromatic carbocycles. The number of aryl methyl sites for hydroxylation is 1. The number of benzene rings is 1. The third kappa shape index (κ3) is 4.51. The fourth-order valence-corrected chi connectivity index (χ4v) is 3.80. The molecule has 0 saturated heterocycles. The number of carbonyl (C=O) groups is 2. The normalized spacial score (nSPS) is 10.6. The van der Waals surface area contributed by atoms with Gasteiger partial charge in [-0.25, -0.2) is 4.98 Å². The van der Waals surface area contributed by atoms with Crippen molar-refractivity contribution in [2.45, 2.75) is 18.7 Å². The van der Waals surface area contributed by atoms with E-state index in [4.69, 9.17) is 0 Å². The Morgan fingerprint density at radius 1 is 1.14 bits per heavy atom. The molecule has 0 radical (unpaired) electrons. The number of carbonyl (C=O) groups excluding carboxylic acids is 2. The number of rotatable bonds is 6. The minimum Gasteiger partial charge on any atom is -0.332 e. The molecule has 0 aliphatic heterocycles. The third-order valence-corrected chi connectivity index (χ3v) is 5.44. The number of hydrogen-bond acceptors (Lipinski definition) is 4. The molecule has 150 valence electrons. The van der Waals surface area contributed by atoms with Crippen LogP contribution in [0.15, 0.2) is 59.6 Å². The number of nitrogens with zero attached hydrogens (tertiary/aromatic N) is 3. The van der Waals surface area contributed by atoms with Gasteiger partial charge in [-0.05, 0) is 50.4 Å². The van der Waals surface area contributed by atoms with Crippen LogP contribution in [-0.4, -0.2) is 46.1 Å². The van der Waals surface area contributed by atoms with Gasteiger partial charge in [-0.3, -0.25) is 9.59 Å². The van der Waals surface area contributed by atoms with Crippen LogP contribution in [0.3, 0.4) is 0 Å². The van der Waals surface area contributed by atoms with E-state index in [9.17, 15) is 9.59 Å². The SMILES string of the molecule is CSc1ccccc1NC(=O)CN(C)C(=O)c1cc(C)n(-c2ccccn2)c1C. The van der Waals surface area contributed by atoms with Gasteiger partial charge in [0.15, 0.2) is 0 Å². The van der Waals surface area contributed by atoms with Gasteiger partial charge in [-0.15, -0.1) is 11.8 Å². The Hall–Kier alpha value is -3.06. The zero-order chi connectivity index (χ0) is 21.0. The molecule has 0 fully saturated rings. The molecule has 0 aliphatic rings. The van der Waals surface area contributed by atoms with E-state index < -0.39 is 0 Å². The van der Waals surface area contributed by atoms with Crippen LogP contribution in [-0.2, 0) is 4.79 Å². The summed E-state index contributed by atoms with van der Waals surface area (Å²) in [5.74, 6) is 0.324. The zero-order valence-corrected chi connectivity index (χ0v) is 17.8. The third-order valence-electron chi connectivity index (χ3n) is 4.65. The summed E-state index contributed by atoms with van der Waals surface area (Å²) in [6, 6.07) is 15.1. The number of hydrogen-bond donors (Lipinski definition) is 1. The Labute approximate surface area is 174 Å². The van der Waals surface area contributed by atoms with E-state index in [0.717, 1.165) is 27.8 Å². The van der Waals surface area contributed by atoms with Crippen molar-refractivity contribution >= 4 is 29.3 Å². The molecule has 29 heavy (non-hydrogen) atoms. The molecule has 0 saturated carbocycles. The van der Waals surface area contributed by atoms with E-state index in [-0.39, 0.29) is 18.4 Å². The molecule has 0 bridgehead atoms. The van der Waals surface area contributed by atoms with Gasteiger partial charge in [0.05, 0.1) is 17.8 Å². The summed E-state index contributed by atoms with van der Waals surface area (Å²) in [5.41, 5.74) is 3.02. The van der Waals surface area contributed by atoms with Crippen LogP contribution in [0.5, 0.6) is 0 Å². The smallest absolute Gasteiger partial charge is 0.255 e. The summed E-state index contributed by atoms with van der Waals surface area (Å²) < 4.78 is 1.94. The average molecular weight is 409 g/mol. The van der Waals surface area contributed by atoms with Gasteiger partial charge in [0.1, 0.15) is 5.82 Å². The summed E-state index contributed by atoms with van der Waals surface area (Å²) in [6.45, 7) is 3.79. The molecule has 0 aliphatic carbocycles. The number of anilines is 1. The highest BCUT2D eigenvalue weighted by atomic mass is 32.2. The molecule has 6 nitrogen and oxygen atoms in total. The average Bonchev–Trinajstić information content (AvgIpc) is 3.02. The molecule has 0 spiro atoms. The molecule has 0 atom stereocenters. The van der Waals surface area contributed by atoms with Crippen LogP contribution in [0.1, 0.15) is 21.7 Å². The molecule has 3 rings (SSSR count). The number of thioether (sulfide) groups is 1. The van der Waals surface area contributed by atoms with E-state index in [1.807, 2.05) is 73.2 Å². The van der Waals surface area contributed by atoms with E-state index in [2.05, 4.69) is 10.3 Å². The first-order chi connectivity index (χ1) is 13.9. The summed E-state index contributed by atoms with van der Waals surface area (Å²) >= 11 is 1.56. The Morgan fingerprint density at radius 3 is 2.55 bits per heavy atom. The quantitative estimate of drug-likeness (QED) is 0.628. The van der Waals surface area contributed by atoms with Gasteiger partial charge in [0.2, 0.25) is 5.91 Å². The zero-order valence-electron chi connectivity index (χ0n) is 17.0. The monoisotopic (exact) mass is 408 g/mol. The summed E-state index contributed by atoms with van der Waals surface area (Å²) in [5, 5.41) is 2.89. The Balaban J connectivity index is 1.74. The lowest BCUT2D eigenvalue weighted by atomic mass is 10.2. The minimum atomic E-state index is -0.235. The van der Waals surface area contributed by atoms with Crippen molar-refractivity contribution in [3.8, 4) is 5.82 Å². The fourth-order valence-electron chi connectivity index (χ4n) is 3.25. The maximum atomic E-state index is 13.0. The molecule has 2 heterocycles. The van der Waals surface area contributed by atoms with Gasteiger partial charge >= 0.3 is 0 Å². The van der Waals surface area contributed by atoms with Crippen LogP contribution in [0, 0.1) is 13.8 Å². The van der Waals surface area contributed by atoms with E-state index in [0.29, 0.717) is 5.56 Å².